The lowest BCUT2D eigenvalue weighted by molar-refractivity contribution is -0.163. The van der Waals surface area contributed by atoms with E-state index in [0.29, 0.717) is 5.75 Å². The van der Waals surface area contributed by atoms with Crippen molar-refractivity contribution >= 4 is 11.9 Å². The van der Waals surface area contributed by atoms with Crippen molar-refractivity contribution in [3.63, 3.8) is 0 Å². The van der Waals surface area contributed by atoms with Gasteiger partial charge < -0.3 is 14.2 Å². The molecule has 0 saturated heterocycles. The van der Waals surface area contributed by atoms with Gasteiger partial charge in [-0.25, -0.2) is 4.39 Å². The minimum Gasteiger partial charge on any atom is -0.496 e. The lowest BCUT2D eigenvalue weighted by Gasteiger charge is -2.32. The van der Waals surface area contributed by atoms with E-state index in [1.165, 1.54) is 19.2 Å². The summed E-state index contributed by atoms with van der Waals surface area (Å²) in [4.78, 5) is 24.7. The first-order valence-electron chi connectivity index (χ1n) is 10.7. The van der Waals surface area contributed by atoms with Crippen molar-refractivity contribution in [1.29, 1.82) is 0 Å². The van der Waals surface area contributed by atoms with Gasteiger partial charge in [0, 0.05) is 17.5 Å². The molecular formula is C24H37FO5. The van der Waals surface area contributed by atoms with Crippen LogP contribution in [0.1, 0.15) is 79.2 Å². The Morgan fingerprint density at radius 2 is 1.70 bits per heavy atom. The van der Waals surface area contributed by atoms with Crippen LogP contribution >= 0.6 is 0 Å². The van der Waals surface area contributed by atoms with Crippen LogP contribution < -0.4 is 4.74 Å². The maximum Gasteiger partial charge on any atom is 0.309 e. The Kier molecular flexibility index (Phi) is 9.79. The minimum atomic E-state index is -0.625. The number of hydrogen-bond donors (Lipinski definition) is 0. The molecule has 0 heterocycles. The Bertz CT molecular complexity index is 706. The van der Waals surface area contributed by atoms with Crippen molar-refractivity contribution in [3.8, 4) is 5.75 Å². The Morgan fingerprint density at radius 1 is 1.10 bits per heavy atom. The summed E-state index contributed by atoms with van der Waals surface area (Å²) in [5.41, 5.74) is 0.209. The standard InChI is InChI=1S/C24H37FO5/c1-9-17(10-2)22(19-12-11-18(25)14-20(19)28-8)16(4)29-23(27)15(3)13-21(26)30-24(5,6)7/h11-12,14-17,22H,9-10,13H2,1-8H3/t15-,16+,22+/m1/s1. The Morgan fingerprint density at radius 3 is 2.20 bits per heavy atom. The van der Waals surface area contributed by atoms with Gasteiger partial charge in [-0.05, 0) is 39.7 Å². The van der Waals surface area contributed by atoms with Crippen molar-refractivity contribution in [2.75, 3.05) is 7.11 Å². The molecule has 0 aliphatic rings. The number of esters is 2. The normalized spacial score (nSPS) is 14.7. The summed E-state index contributed by atoms with van der Waals surface area (Å²) in [6.45, 7) is 13.0. The van der Waals surface area contributed by atoms with Crippen LogP contribution in [-0.4, -0.2) is 30.8 Å². The third-order valence-electron chi connectivity index (χ3n) is 5.21. The SMILES string of the molecule is CCC(CC)[C@@H](c1ccc(F)cc1OC)[C@H](C)OC(=O)[C@H](C)CC(=O)OC(C)(C)C. The molecule has 0 spiro atoms. The molecule has 3 atom stereocenters. The van der Waals surface area contributed by atoms with Crippen molar-refractivity contribution < 1.29 is 28.2 Å². The number of benzene rings is 1. The van der Waals surface area contributed by atoms with E-state index in [-0.39, 0.29) is 24.1 Å². The number of ether oxygens (including phenoxy) is 3. The fraction of sp³-hybridized carbons (Fsp3) is 0.667. The first kappa shape index (κ1) is 25.9. The van der Waals surface area contributed by atoms with Crippen LogP contribution in [-0.2, 0) is 19.1 Å². The Hall–Kier alpha value is -2.11. The Balaban J connectivity index is 3.02. The van der Waals surface area contributed by atoms with Gasteiger partial charge in [-0.3, -0.25) is 9.59 Å². The highest BCUT2D eigenvalue weighted by Gasteiger charge is 2.33. The summed E-state index contributed by atoms with van der Waals surface area (Å²) in [7, 11) is 1.50. The quantitative estimate of drug-likeness (QED) is 0.454. The van der Waals surface area contributed by atoms with Gasteiger partial charge in [0.25, 0.3) is 0 Å². The van der Waals surface area contributed by atoms with Crippen molar-refractivity contribution in [2.45, 2.75) is 85.4 Å². The van der Waals surface area contributed by atoms with E-state index in [2.05, 4.69) is 13.8 Å². The zero-order valence-corrected chi connectivity index (χ0v) is 19.6. The third-order valence-corrected chi connectivity index (χ3v) is 5.21. The molecule has 0 N–H and O–H groups in total. The maximum absolute atomic E-state index is 13.7. The van der Waals surface area contributed by atoms with E-state index in [4.69, 9.17) is 14.2 Å². The van der Waals surface area contributed by atoms with Gasteiger partial charge in [0.2, 0.25) is 0 Å². The fourth-order valence-corrected chi connectivity index (χ4v) is 3.74. The second-order valence-electron chi connectivity index (χ2n) is 8.82. The lowest BCUT2D eigenvalue weighted by Crippen LogP contribution is -2.32. The van der Waals surface area contributed by atoms with Crippen LogP contribution in [0.25, 0.3) is 0 Å². The molecule has 1 rings (SSSR count). The van der Waals surface area contributed by atoms with Gasteiger partial charge in [-0.2, -0.15) is 0 Å². The first-order valence-corrected chi connectivity index (χ1v) is 10.7. The molecule has 30 heavy (non-hydrogen) atoms. The predicted molar refractivity (Wildman–Crippen MR) is 115 cm³/mol. The molecule has 0 saturated carbocycles. The van der Waals surface area contributed by atoms with E-state index in [1.807, 2.05) is 6.92 Å². The second-order valence-corrected chi connectivity index (χ2v) is 8.82. The number of carbonyl (C=O) groups is 2. The molecule has 0 radical (unpaired) electrons. The summed E-state index contributed by atoms with van der Waals surface area (Å²) >= 11 is 0. The molecule has 1 aromatic carbocycles. The molecule has 5 nitrogen and oxygen atoms in total. The summed E-state index contributed by atoms with van der Waals surface area (Å²) in [6.07, 6.45) is 1.23. The zero-order chi connectivity index (χ0) is 23.1. The van der Waals surface area contributed by atoms with Crippen LogP contribution in [0, 0.1) is 17.7 Å². The average Bonchev–Trinajstić information content (AvgIpc) is 2.64. The van der Waals surface area contributed by atoms with Crippen molar-refractivity contribution in [3.05, 3.63) is 29.6 Å². The molecule has 0 aliphatic carbocycles. The Labute approximate surface area is 180 Å². The summed E-state index contributed by atoms with van der Waals surface area (Å²) in [5, 5.41) is 0. The third kappa shape index (κ3) is 7.62. The topological polar surface area (TPSA) is 61.8 Å². The number of methoxy groups -OCH3 is 1. The highest BCUT2D eigenvalue weighted by atomic mass is 19.1. The van der Waals surface area contributed by atoms with Gasteiger partial charge in [0.15, 0.2) is 0 Å². The summed E-state index contributed by atoms with van der Waals surface area (Å²) in [5.74, 6) is -1.39. The van der Waals surface area contributed by atoms with Crippen LogP contribution in [0.2, 0.25) is 0 Å². The van der Waals surface area contributed by atoms with Crippen molar-refractivity contribution in [1.82, 2.24) is 0 Å². The maximum atomic E-state index is 13.7. The fourth-order valence-electron chi connectivity index (χ4n) is 3.74. The minimum absolute atomic E-state index is 0.0433. The van der Waals surface area contributed by atoms with Gasteiger partial charge >= 0.3 is 11.9 Å². The number of hydrogen-bond acceptors (Lipinski definition) is 5. The molecule has 0 unspecified atom stereocenters. The van der Waals surface area contributed by atoms with Crippen LogP contribution in [0.4, 0.5) is 4.39 Å². The molecule has 0 amide bonds. The molecule has 0 fully saturated rings. The van der Waals surface area contributed by atoms with Gasteiger partial charge in [-0.15, -0.1) is 0 Å². The zero-order valence-electron chi connectivity index (χ0n) is 19.6. The van der Waals surface area contributed by atoms with E-state index < -0.39 is 29.6 Å². The number of carbonyl (C=O) groups excluding carboxylic acids is 2. The van der Waals surface area contributed by atoms with Crippen LogP contribution in [0.15, 0.2) is 18.2 Å². The lowest BCUT2D eigenvalue weighted by atomic mass is 9.79. The molecule has 0 aliphatic heterocycles. The predicted octanol–water partition coefficient (Wildman–Crippen LogP) is 5.65. The van der Waals surface area contributed by atoms with Gasteiger partial charge in [0.1, 0.15) is 23.3 Å². The highest BCUT2D eigenvalue weighted by molar-refractivity contribution is 5.80. The molecule has 0 aromatic heterocycles. The van der Waals surface area contributed by atoms with Gasteiger partial charge in [-0.1, -0.05) is 39.7 Å². The number of rotatable bonds is 10. The van der Waals surface area contributed by atoms with E-state index >= 15 is 0 Å². The van der Waals surface area contributed by atoms with Crippen molar-refractivity contribution in [2.24, 2.45) is 11.8 Å². The molecule has 6 heteroatoms. The second kappa shape index (κ2) is 11.3. The monoisotopic (exact) mass is 424 g/mol. The van der Waals surface area contributed by atoms with Crippen LogP contribution in [0.3, 0.4) is 0 Å². The average molecular weight is 425 g/mol. The van der Waals surface area contributed by atoms with Gasteiger partial charge in [0.05, 0.1) is 19.4 Å². The van der Waals surface area contributed by atoms with E-state index in [1.54, 1.807) is 33.8 Å². The molecule has 1 aromatic rings. The molecule has 0 bridgehead atoms. The summed E-state index contributed by atoms with van der Waals surface area (Å²) < 4.78 is 30.2. The highest BCUT2D eigenvalue weighted by Crippen LogP contribution is 2.39. The largest absolute Gasteiger partial charge is 0.496 e. The first-order chi connectivity index (χ1) is 13.9. The van der Waals surface area contributed by atoms with E-state index in [9.17, 15) is 14.0 Å². The number of halogens is 1. The van der Waals surface area contributed by atoms with E-state index in [0.717, 1.165) is 18.4 Å². The molecular weight excluding hydrogens is 387 g/mol. The molecule has 170 valence electrons. The van der Waals surface area contributed by atoms with Crippen LogP contribution in [0.5, 0.6) is 5.75 Å². The summed E-state index contributed by atoms with van der Waals surface area (Å²) in [6, 6.07) is 4.45. The smallest absolute Gasteiger partial charge is 0.309 e.